The zero-order valence-electron chi connectivity index (χ0n) is 12.1. The molecule has 0 bridgehead atoms. The second-order valence-corrected chi connectivity index (χ2v) is 8.20. The Kier molecular flexibility index (Phi) is 5.88. The summed E-state index contributed by atoms with van der Waals surface area (Å²) in [7, 11) is -2.12. The third-order valence-electron chi connectivity index (χ3n) is 2.97. The molecule has 0 fully saturated rings. The van der Waals surface area contributed by atoms with E-state index in [1.807, 2.05) is 20.1 Å². The van der Waals surface area contributed by atoms with E-state index in [9.17, 15) is 13.5 Å². The fraction of sp³-hybridized carbons (Fsp3) is 0.538. The maximum atomic E-state index is 12.2. The third kappa shape index (κ3) is 4.37. The molecular formula is C13H21NO4S2. The zero-order valence-corrected chi connectivity index (χ0v) is 13.8. The molecular weight excluding hydrogens is 298 g/mol. The van der Waals surface area contributed by atoms with Crippen LogP contribution >= 0.6 is 11.8 Å². The van der Waals surface area contributed by atoms with E-state index in [0.717, 1.165) is 0 Å². The average Bonchev–Trinajstić information content (AvgIpc) is 2.44. The minimum absolute atomic E-state index is 0.124. The first-order valence-corrected chi connectivity index (χ1v) is 8.79. The number of sulfonamides is 1. The molecule has 1 aromatic carbocycles. The van der Waals surface area contributed by atoms with Gasteiger partial charge in [-0.15, -0.1) is 0 Å². The lowest BCUT2D eigenvalue weighted by atomic mass is 10.2. The number of methoxy groups -OCH3 is 1. The van der Waals surface area contributed by atoms with E-state index in [1.54, 1.807) is 17.8 Å². The number of aliphatic hydroxyl groups excluding tert-OH is 1. The van der Waals surface area contributed by atoms with Crippen molar-refractivity contribution in [3.8, 4) is 5.75 Å². The number of aliphatic hydroxyl groups is 1. The topological polar surface area (TPSA) is 75.6 Å². The van der Waals surface area contributed by atoms with Crippen molar-refractivity contribution in [3.05, 3.63) is 23.8 Å². The highest BCUT2D eigenvalue weighted by molar-refractivity contribution is 8.00. The van der Waals surface area contributed by atoms with Gasteiger partial charge in [0.25, 0.3) is 0 Å². The number of thioether (sulfide) groups is 1. The summed E-state index contributed by atoms with van der Waals surface area (Å²) in [6, 6.07) is 4.43. The Morgan fingerprint density at radius 2 is 2.05 bits per heavy atom. The molecule has 0 aliphatic rings. The van der Waals surface area contributed by atoms with Crippen LogP contribution in [-0.4, -0.2) is 38.2 Å². The van der Waals surface area contributed by atoms with Crippen molar-refractivity contribution in [2.45, 2.75) is 30.1 Å². The smallest absolute Gasteiger partial charge is 0.240 e. The Morgan fingerprint density at radius 3 is 2.55 bits per heavy atom. The normalized spacial score (nSPS) is 12.4. The Balaban J connectivity index is 2.98. The Morgan fingerprint density at radius 1 is 1.40 bits per heavy atom. The van der Waals surface area contributed by atoms with Gasteiger partial charge in [-0.1, -0.05) is 0 Å². The maximum absolute atomic E-state index is 12.2. The van der Waals surface area contributed by atoms with Gasteiger partial charge < -0.3 is 9.84 Å². The molecule has 0 spiro atoms. The average molecular weight is 319 g/mol. The van der Waals surface area contributed by atoms with Crippen LogP contribution in [0.25, 0.3) is 0 Å². The van der Waals surface area contributed by atoms with Crippen LogP contribution in [0.15, 0.2) is 23.1 Å². The van der Waals surface area contributed by atoms with Crippen molar-refractivity contribution in [1.29, 1.82) is 0 Å². The summed E-state index contributed by atoms with van der Waals surface area (Å²) in [5.41, 5.74) is 0.444. The molecule has 0 aromatic heterocycles. The molecule has 0 amide bonds. The van der Waals surface area contributed by atoms with E-state index in [1.165, 1.54) is 19.2 Å². The van der Waals surface area contributed by atoms with Gasteiger partial charge in [-0.25, -0.2) is 13.1 Å². The molecule has 7 heteroatoms. The van der Waals surface area contributed by atoms with Gasteiger partial charge in [-0.05, 0) is 38.3 Å². The number of rotatable bonds is 7. The molecule has 0 heterocycles. The van der Waals surface area contributed by atoms with Crippen LogP contribution in [0.2, 0.25) is 0 Å². The van der Waals surface area contributed by atoms with Crippen molar-refractivity contribution in [3.63, 3.8) is 0 Å². The van der Waals surface area contributed by atoms with E-state index in [2.05, 4.69) is 4.72 Å². The predicted octanol–water partition coefficient (Wildman–Crippen LogP) is 1.61. The molecule has 0 aliphatic carbocycles. The molecule has 5 nitrogen and oxygen atoms in total. The highest BCUT2D eigenvalue weighted by atomic mass is 32.2. The van der Waals surface area contributed by atoms with E-state index in [-0.39, 0.29) is 16.2 Å². The molecule has 0 saturated heterocycles. The van der Waals surface area contributed by atoms with Gasteiger partial charge in [-0.3, -0.25) is 0 Å². The third-order valence-corrected chi connectivity index (χ3v) is 5.62. The van der Waals surface area contributed by atoms with Crippen molar-refractivity contribution in [2.24, 2.45) is 0 Å². The Labute approximate surface area is 124 Å². The molecule has 0 atom stereocenters. The molecule has 114 valence electrons. The summed E-state index contributed by atoms with van der Waals surface area (Å²) in [5.74, 6) is 0.468. The van der Waals surface area contributed by atoms with Crippen LogP contribution in [0.3, 0.4) is 0 Å². The summed E-state index contributed by atoms with van der Waals surface area (Å²) in [6.07, 6.45) is 1.94. The lowest BCUT2D eigenvalue weighted by Gasteiger charge is -2.22. The fourth-order valence-corrected chi connectivity index (χ4v) is 3.04. The molecule has 1 aromatic rings. The Bertz CT molecular complexity index is 555. The molecule has 0 aliphatic heterocycles. The van der Waals surface area contributed by atoms with Gasteiger partial charge in [-0.2, -0.15) is 11.8 Å². The van der Waals surface area contributed by atoms with E-state index in [0.29, 0.717) is 17.9 Å². The van der Waals surface area contributed by atoms with Crippen LogP contribution in [0.1, 0.15) is 19.4 Å². The number of hydrogen-bond donors (Lipinski definition) is 2. The number of ether oxygens (including phenoxy) is 1. The van der Waals surface area contributed by atoms with Gasteiger partial charge in [0.15, 0.2) is 0 Å². The molecule has 20 heavy (non-hydrogen) atoms. The van der Waals surface area contributed by atoms with Gasteiger partial charge in [0.05, 0.1) is 18.6 Å². The van der Waals surface area contributed by atoms with Gasteiger partial charge in [0.1, 0.15) is 5.75 Å². The monoisotopic (exact) mass is 319 g/mol. The number of hydrogen-bond acceptors (Lipinski definition) is 5. The summed E-state index contributed by atoms with van der Waals surface area (Å²) >= 11 is 1.59. The number of nitrogens with one attached hydrogen (secondary N) is 1. The van der Waals surface area contributed by atoms with Crippen molar-refractivity contribution < 1.29 is 18.3 Å². The quantitative estimate of drug-likeness (QED) is 0.798. The van der Waals surface area contributed by atoms with Gasteiger partial charge >= 0.3 is 0 Å². The van der Waals surface area contributed by atoms with E-state index < -0.39 is 10.0 Å². The second-order valence-electron chi connectivity index (χ2n) is 4.92. The van der Waals surface area contributed by atoms with Crippen LogP contribution in [0.4, 0.5) is 0 Å². The van der Waals surface area contributed by atoms with Crippen molar-refractivity contribution in [1.82, 2.24) is 4.72 Å². The van der Waals surface area contributed by atoms with Crippen LogP contribution in [-0.2, 0) is 16.6 Å². The SMILES string of the molecule is COc1ccc(S(=O)(=O)NCC(C)(C)SC)cc1CO. The maximum Gasteiger partial charge on any atom is 0.240 e. The van der Waals surface area contributed by atoms with Crippen LogP contribution < -0.4 is 9.46 Å². The molecule has 0 unspecified atom stereocenters. The summed E-state index contributed by atoms with van der Waals surface area (Å²) in [5, 5.41) is 9.24. The second kappa shape index (κ2) is 6.80. The lowest BCUT2D eigenvalue weighted by Crippen LogP contribution is -2.36. The minimum atomic E-state index is -3.59. The van der Waals surface area contributed by atoms with Crippen molar-refractivity contribution in [2.75, 3.05) is 19.9 Å². The summed E-state index contributed by atoms with van der Waals surface area (Å²) < 4.78 is 31.9. The molecule has 1 rings (SSSR count). The first kappa shape index (κ1) is 17.3. The summed E-state index contributed by atoms with van der Waals surface area (Å²) in [4.78, 5) is 0.124. The van der Waals surface area contributed by atoms with Crippen LogP contribution in [0.5, 0.6) is 5.75 Å². The highest BCUT2D eigenvalue weighted by Crippen LogP contribution is 2.24. The number of benzene rings is 1. The minimum Gasteiger partial charge on any atom is -0.496 e. The van der Waals surface area contributed by atoms with E-state index >= 15 is 0 Å². The largest absolute Gasteiger partial charge is 0.496 e. The lowest BCUT2D eigenvalue weighted by molar-refractivity contribution is 0.273. The van der Waals surface area contributed by atoms with E-state index in [4.69, 9.17) is 4.74 Å². The standard InChI is InChI=1S/C13H21NO4S2/c1-13(2,19-4)9-14-20(16,17)11-5-6-12(18-3)10(7-11)8-15/h5-7,14-15H,8-9H2,1-4H3. The van der Waals surface area contributed by atoms with Crippen molar-refractivity contribution >= 4 is 21.8 Å². The molecule has 2 N–H and O–H groups in total. The first-order valence-electron chi connectivity index (χ1n) is 6.08. The predicted molar refractivity (Wildman–Crippen MR) is 81.7 cm³/mol. The Hall–Kier alpha value is -0.760. The highest BCUT2D eigenvalue weighted by Gasteiger charge is 2.22. The fourth-order valence-electron chi connectivity index (χ4n) is 1.47. The van der Waals surface area contributed by atoms with Crippen LogP contribution in [0, 0.1) is 0 Å². The van der Waals surface area contributed by atoms with Gasteiger partial charge in [0, 0.05) is 16.9 Å². The molecule has 0 radical (unpaired) electrons. The summed E-state index contributed by atoms with van der Waals surface area (Å²) in [6.45, 7) is 3.99. The van der Waals surface area contributed by atoms with Gasteiger partial charge in [0.2, 0.25) is 10.0 Å². The zero-order chi connectivity index (χ0) is 15.4. The first-order chi connectivity index (χ1) is 9.25. The molecule has 0 saturated carbocycles.